The largest absolute Gasteiger partial charge is 0.324 e. The number of rotatable bonds is 6. The first-order valence-electron chi connectivity index (χ1n) is 5.72. The molecule has 5 heteroatoms. The summed E-state index contributed by atoms with van der Waals surface area (Å²) < 4.78 is 0. The summed E-state index contributed by atoms with van der Waals surface area (Å²) in [5.41, 5.74) is 0.566. The Labute approximate surface area is 107 Å². The lowest BCUT2D eigenvalue weighted by atomic mass is 10.2. The van der Waals surface area contributed by atoms with Crippen molar-refractivity contribution in [2.45, 2.75) is 32.7 Å². The van der Waals surface area contributed by atoms with E-state index in [1.165, 1.54) is 0 Å². The summed E-state index contributed by atoms with van der Waals surface area (Å²) >= 11 is 5.90. The SMILES string of the molecule is CC(C)NCCCC(=O)Nc1cnccc1Cl. The quantitative estimate of drug-likeness (QED) is 0.768. The molecule has 0 aliphatic carbocycles. The molecule has 0 saturated carbocycles. The third-order valence-corrected chi connectivity index (χ3v) is 2.50. The molecular weight excluding hydrogens is 238 g/mol. The van der Waals surface area contributed by atoms with Crippen molar-refractivity contribution < 1.29 is 4.79 Å². The van der Waals surface area contributed by atoms with Crippen LogP contribution in [0.2, 0.25) is 5.02 Å². The van der Waals surface area contributed by atoms with Crippen molar-refractivity contribution in [1.82, 2.24) is 10.3 Å². The van der Waals surface area contributed by atoms with E-state index in [1.807, 2.05) is 0 Å². The van der Waals surface area contributed by atoms with E-state index in [4.69, 9.17) is 11.6 Å². The zero-order chi connectivity index (χ0) is 12.7. The Morgan fingerprint density at radius 2 is 2.29 bits per heavy atom. The number of hydrogen-bond donors (Lipinski definition) is 2. The lowest BCUT2D eigenvalue weighted by Crippen LogP contribution is -2.24. The summed E-state index contributed by atoms with van der Waals surface area (Å²) in [5.74, 6) is -0.0366. The van der Waals surface area contributed by atoms with Crippen LogP contribution in [-0.2, 0) is 4.79 Å². The Balaban J connectivity index is 2.28. The molecule has 1 aromatic heterocycles. The number of carbonyl (C=O) groups excluding carboxylic acids is 1. The van der Waals surface area contributed by atoms with Crippen LogP contribution in [-0.4, -0.2) is 23.5 Å². The Bertz CT molecular complexity index is 369. The molecule has 1 rings (SSSR count). The molecule has 1 amide bonds. The molecule has 0 spiro atoms. The van der Waals surface area contributed by atoms with E-state index in [0.29, 0.717) is 23.2 Å². The van der Waals surface area contributed by atoms with Crippen LogP contribution in [0.4, 0.5) is 5.69 Å². The standard InChI is InChI=1S/C12H18ClN3O/c1-9(2)15-6-3-4-12(17)16-11-8-14-7-5-10(11)13/h5,7-9,15H,3-4,6H2,1-2H3,(H,16,17). The number of anilines is 1. The molecule has 0 fully saturated rings. The summed E-state index contributed by atoms with van der Waals surface area (Å²) in [4.78, 5) is 15.5. The van der Waals surface area contributed by atoms with Gasteiger partial charge in [0.1, 0.15) is 0 Å². The topological polar surface area (TPSA) is 54.0 Å². The van der Waals surface area contributed by atoms with Crippen LogP contribution in [0.3, 0.4) is 0 Å². The van der Waals surface area contributed by atoms with Gasteiger partial charge in [0.2, 0.25) is 5.91 Å². The van der Waals surface area contributed by atoms with Gasteiger partial charge in [0.15, 0.2) is 0 Å². The van der Waals surface area contributed by atoms with Gasteiger partial charge in [0, 0.05) is 18.7 Å². The molecule has 0 saturated heterocycles. The second-order valence-electron chi connectivity index (χ2n) is 4.12. The number of nitrogens with one attached hydrogen (secondary N) is 2. The number of nitrogens with zero attached hydrogens (tertiary/aromatic N) is 1. The molecule has 0 aromatic carbocycles. The van der Waals surface area contributed by atoms with Gasteiger partial charge in [-0.3, -0.25) is 9.78 Å². The molecule has 0 aliphatic heterocycles. The van der Waals surface area contributed by atoms with E-state index in [2.05, 4.69) is 29.5 Å². The van der Waals surface area contributed by atoms with E-state index >= 15 is 0 Å². The predicted octanol–water partition coefficient (Wildman–Crippen LogP) is 2.45. The first-order valence-corrected chi connectivity index (χ1v) is 6.10. The van der Waals surface area contributed by atoms with Crippen LogP contribution in [0.25, 0.3) is 0 Å². The maximum absolute atomic E-state index is 11.6. The van der Waals surface area contributed by atoms with Crippen LogP contribution >= 0.6 is 11.6 Å². The van der Waals surface area contributed by atoms with Gasteiger partial charge in [-0.05, 0) is 19.0 Å². The summed E-state index contributed by atoms with van der Waals surface area (Å²) in [6, 6.07) is 2.10. The highest BCUT2D eigenvalue weighted by atomic mass is 35.5. The third-order valence-electron chi connectivity index (χ3n) is 2.18. The number of halogens is 1. The van der Waals surface area contributed by atoms with E-state index in [-0.39, 0.29) is 5.91 Å². The first-order chi connectivity index (χ1) is 8.09. The molecule has 1 aromatic rings. The second-order valence-corrected chi connectivity index (χ2v) is 4.52. The van der Waals surface area contributed by atoms with Crippen molar-refractivity contribution in [3.05, 3.63) is 23.5 Å². The Morgan fingerprint density at radius 1 is 1.53 bits per heavy atom. The van der Waals surface area contributed by atoms with Gasteiger partial charge >= 0.3 is 0 Å². The van der Waals surface area contributed by atoms with Gasteiger partial charge in [-0.15, -0.1) is 0 Å². The van der Waals surface area contributed by atoms with Gasteiger partial charge in [0.05, 0.1) is 16.9 Å². The molecule has 0 bridgehead atoms. The number of hydrogen-bond acceptors (Lipinski definition) is 3. The minimum Gasteiger partial charge on any atom is -0.324 e. The van der Waals surface area contributed by atoms with Crippen molar-refractivity contribution >= 4 is 23.2 Å². The molecule has 4 nitrogen and oxygen atoms in total. The smallest absolute Gasteiger partial charge is 0.224 e. The zero-order valence-corrected chi connectivity index (χ0v) is 10.9. The van der Waals surface area contributed by atoms with Gasteiger partial charge in [0.25, 0.3) is 0 Å². The van der Waals surface area contributed by atoms with Gasteiger partial charge < -0.3 is 10.6 Å². The monoisotopic (exact) mass is 255 g/mol. The maximum Gasteiger partial charge on any atom is 0.224 e. The normalized spacial score (nSPS) is 10.6. The molecule has 17 heavy (non-hydrogen) atoms. The highest BCUT2D eigenvalue weighted by molar-refractivity contribution is 6.33. The highest BCUT2D eigenvalue weighted by Crippen LogP contribution is 2.19. The predicted molar refractivity (Wildman–Crippen MR) is 70.2 cm³/mol. The van der Waals surface area contributed by atoms with Crippen LogP contribution < -0.4 is 10.6 Å². The van der Waals surface area contributed by atoms with E-state index in [0.717, 1.165) is 13.0 Å². The van der Waals surface area contributed by atoms with Crippen molar-refractivity contribution in [2.75, 3.05) is 11.9 Å². The second kappa shape index (κ2) is 7.25. The fourth-order valence-electron chi connectivity index (χ4n) is 1.32. The van der Waals surface area contributed by atoms with Crippen molar-refractivity contribution in [3.63, 3.8) is 0 Å². The van der Waals surface area contributed by atoms with E-state index < -0.39 is 0 Å². The van der Waals surface area contributed by atoms with Crippen molar-refractivity contribution in [2.24, 2.45) is 0 Å². The third kappa shape index (κ3) is 5.65. The van der Waals surface area contributed by atoms with Crippen molar-refractivity contribution in [1.29, 1.82) is 0 Å². The fourth-order valence-corrected chi connectivity index (χ4v) is 1.47. The zero-order valence-electron chi connectivity index (χ0n) is 10.2. The minimum absolute atomic E-state index is 0.0366. The Morgan fingerprint density at radius 3 is 2.94 bits per heavy atom. The lowest BCUT2D eigenvalue weighted by molar-refractivity contribution is -0.116. The van der Waals surface area contributed by atoms with Gasteiger partial charge in [-0.1, -0.05) is 25.4 Å². The first kappa shape index (κ1) is 13.9. The van der Waals surface area contributed by atoms with E-state index in [1.54, 1.807) is 18.5 Å². The number of pyridine rings is 1. The molecule has 1 heterocycles. The summed E-state index contributed by atoms with van der Waals surface area (Å²) in [5, 5.41) is 6.50. The maximum atomic E-state index is 11.6. The van der Waals surface area contributed by atoms with Crippen molar-refractivity contribution in [3.8, 4) is 0 Å². The number of carbonyl (C=O) groups is 1. The summed E-state index contributed by atoms with van der Waals surface area (Å²) in [7, 11) is 0. The van der Waals surface area contributed by atoms with E-state index in [9.17, 15) is 4.79 Å². The summed E-state index contributed by atoms with van der Waals surface area (Å²) in [6.07, 6.45) is 4.42. The summed E-state index contributed by atoms with van der Waals surface area (Å²) in [6.45, 7) is 5.00. The van der Waals surface area contributed by atoms with Crippen LogP contribution in [0.1, 0.15) is 26.7 Å². The van der Waals surface area contributed by atoms with Crippen LogP contribution in [0.5, 0.6) is 0 Å². The molecule has 0 radical (unpaired) electrons. The van der Waals surface area contributed by atoms with Crippen LogP contribution in [0, 0.1) is 0 Å². The average molecular weight is 256 g/mol. The molecular formula is C12H18ClN3O. The average Bonchev–Trinajstić information content (AvgIpc) is 2.27. The lowest BCUT2D eigenvalue weighted by Gasteiger charge is -2.08. The molecule has 0 aliphatic rings. The Kier molecular flexibility index (Phi) is 5.94. The van der Waals surface area contributed by atoms with Gasteiger partial charge in [-0.2, -0.15) is 0 Å². The molecule has 94 valence electrons. The Hall–Kier alpha value is -1.13. The number of amides is 1. The highest BCUT2D eigenvalue weighted by Gasteiger charge is 2.05. The van der Waals surface area contributed by atoms with Gasteiger partial charge in [-0.25, -0.2) is 0 Å². The number of aromatic nitrogens is 1. The molecule has 0 atom stereocenters. The minimum atomic E-state index is -0.0366. The molecule has 2 N–H and O–H groups in total. The fraction of sp³-hybridized carbons (Fsp3) is 0.500. The van der Waals surface area contributed by atoms with Crippen LogP contribution in [0.15, 0.2) is 18.5 Å². The molecule has 0 unspecified atom stereocenters.